The third-order valence-electron chi connectivity index (χ3n) is 3.11. The highest BCUT2D eigenvalue weighted by molar-refractivity contribution is 5.59. The van der Waals surface area contributed by atoms with Gasteiger partial charge in [0.2, 0.25) is 0 Å². The molecule has 0 aliphatic carbocycles. The van der Waals surface area contributed by atoms with Crippen molar-refractivity contribution in [2.24, 2.45) is 0 Å². The number of aryl methyl sites for hydroxylation is 2. The smallest absolute Gasteiger partial charge is 0.504 e. The molecular weight excluding hydrogens is 272 g/mol. The zero-order valence-electron chi connectivity index (χ0n) is 12.9. The molecule has 0 unspecified atom stereocenters. The minimum Gasteiger partial charge on any atom is -0.504 e. The fourth-order valence-corrected chi connectivity index (χ4v) is 1.91. The number of hydrogen-bond donors (Lipinski definition) is 1. The molecule has 116 valence electrons. The first-order valence-corrected chi connectivity index (χ1v) is 6.70. The average Bonchev–Trinajstić information content (AvgIpc) is 2.47. The second kappa shape index (κ2) is 8.19. The van der Waals surface area contributed by atoms with Crippen LogP contribution in [0.5, 0.6) is 11.5 Å². The van der Waals surface area contributed by atoms with Gasteiger partial charge in [0.15, 0.2) is 11.5 Å². The van der Waals surface area contributed by atoms with Gasteiger partial charge in [-0.2, -0.15) is 0 Å². The molecule has 0 amide bonds. The lowest BCUT2D eigenvalue weighted by Gasteiger charge is -2.11. The molecule has 0 spiro atoms. The minimum atomic E-state index is -0.694. The molecule has 1 N–H and O–H groups in total. The molecule has 0 atom stereocenters. The summed E-state index contributed by atoms with van der Waals surface area (Å²) in [5.41, 5.74) is 2.95. The number of rotatable bonds is 6. The van der Waals surface area contributed by atoms with Crippen molar-refractivity contribution < 1.29 is 24.1 Å². The van der Waals surface area contributed by atoms with Gasteiger partial charge in [-0.1, -0.05) is 11.6 Å². The van der Waals surface area contributed by atoms with Crippen LogP contribution in [-0.4, -0.2) is 32.1 Å². The fraction of sp³-hybridized carbons (Fsp3) is 0.438. The summed E-state index contributed by atoms with van der Waals surface area (Å²) in [5.74, 6) is 0.669. The number of hydrogen-bond acceptors (Lipinski definition) is 5. The van der Waals surface area contributed by atoms with E-state index < -0.39 is 6.16 Å². The summed E-state index contributed by atoms with van der Waals surface area (Å²) in [4.78, 5) is 10.8. The van der Waals surface area contributed by atoms with Crippen molar-refractivity contribution in [1.82, 2.24) is 0 Å². The Labute approximate surface area is 125 Å². The van der Waals surface area contributed by atoms with Crippen molar-refractivity contribution in [2.75, 3.05) is 20.8 Å². The van der Waals surface area contributed by atoms with Crippen molar-refractivity contribution in [3.63, 3.8) is 0 Å². The summed E-state index contributed by atoms with van der Waals surface area (Å²) in [5, 5.41) is 10.1. The maximum atomic E-state index is 10.8. The Morgan fingerprint density at radius 3 is 2.67 bits per heavy atom. The van der Waals surface area contributed by atoms with Crippen molar-refractivity contribution in [3.8, 4) is 11.5 Å². The lowest BCUT2D eigenvalue weighted by atomic mass is 10.0. The van der Waals surface area contributed by atoms with E-state index in [0.717, 1.165) is 23.1 Å². The van der Waals surface area contributed by atoms with E-state index in [4.69, 9.17) is 9.47 Å². The number of carbonyl (C=O) groups excluding carboxylic acids is 1. The van der Waals surface area contributed by atoms with Gasteiger partial charge in [-0.05, 0) is 50.0 Å². The Morgan fingerprint density at radius 1 is 1.33 bits per heavy atom. The normalized spacial score (nSPS) is 11.1. The van der Waals surface area contributed by atoms with Crippen LogP contribution < -0.4 is 4.74 Å². The largest absolute Gasteiger partial charge is 0.508 e. The maximum absolute atomic E-state index is 10.8. The van der Waals surface area contributed by atoms with E-state index in [2.05, 4.69) is 4.74 Å². The third-order valence-corrected chi connectivity index (χ3v) is 3.11. The summed E-state index contributed by atoms with van der Waals surface area (Å²) < 4.78 is 14.3. The van der Waals surface area contributed by atoms with Crippen LogP contribution in [0.3, 0.4) is 0 Å². The molecule has 5 nitrogen and oxygen atoms in total. The average molecular weight is 294 g/mol. The quantitative estimate of drug-likeness (QED) is 0.643. The van der Waals surface area contributed by atoms with Crippen molar-refractivity contribution in [1.29, 1.82) is 0 Å². The molecule has 1 aromatic rings. The second-order valence-corrected chi connectivity index (χ2v) is 4.79. The van der Waals surface area contributed by atoms with E-state index in [1.165, 1.54) is 14.2 Å². The Hall–Kier alpha value is -2.17. The predicted octanol–water partition coefficient (Wildman–Crippen LogP) is 3.37. The summed E-state index contributed by atoms with van der Waals surface area (Å²) in [6.07, 6.45) is 2.57. The Kier molecular flexibility index (Phi) is 6.59. The highest BCUT2D eigenvalue weighted by Crippen LogP contribution is 2.32. The van der Waals surface area contributed by atoms with Crippen LogP contribution in [-0.2, 0) is 15.9 Å². The summed E-state index contributed by atoms with van der Waals surface area (Å²) in [6, 6.07) is 3.74. The van der Waals surface area contributed by atoms with Gasteiger partial charge in [-0.25, -0.2) is 4.79 Å². The van der Waals surface area contributed by atoms with Crippen LogP contribution in [0.1, 0.15) is 24.5 Å². The second-order valence-electron chi connectivity index (χ2n) is 4.79. The van der Waals surface area contributed by atoms with Crippen LogP contribution in [0.2, 0.25) is 0 Å². The number of phenolic OH excluding ortho intramolecular Hbond substituents is 1. The van der Waals surface area contributed by atoms with Crippen LogP contribution >= 0.6 is 0 Å². The first-order chi connectivity index (χ1) is 9.97. The Morgan fingerprint density at radius 2 is 2.05 bits per heavy atom. The molecule has 0 radical (unpaired) electrons. The number of allylic oxidation sites excluding steroid dienone is 1. The van der Waals surface area contributed by atoms with E-state index in [9.17, 15) is 9.90 Å². The zero-order chi connectivity index (χ0) is 15.8. The summed E-state index contributed by atoms with van der Waals surface area (Å²) >= 11 is 0. The van der Waals surface area contributed by atoms with Crippen LogP contribution in [0.15, 0.2) is 23.8 Å². The number of aromatic hydroxyl groups is 1. The van der Waals surface area contributed by atoms with Gasteiger partial charge in [0, 0.05) is 0 Å². The van der Waals surface area contributed by atoms with Crippen molar-refractivity contribution in [2.45, 2.75) is 26.7 Å². The number of ether oxygens (including phenoxy) is 3. The van der Waals surface area contributed by atoms with Crippen molar-refractivity contribution in [3.05, 3.63) is 34.9 Å². The van der Waals surface area contributed by atoms with Crippen molar-refractivity contribution >= 4 is 6.16 Å². The third kappa shape index (κ3) is 5.38. The predicted molar refractivity (Wildman–Crippen MR) is 79.8 cm³/mol. The lowest BCUT2D eigenvalue weighted by molar-refractivity contribution is 0.0816. The molecule has 0 bridgehead atoms. The first-order valence-electron chi connectivity index (χ1n) is 6.70. The molecule has 0 heterocycles. The molecule has 1 aromatic carbocycles. The fourth-order valence-electron chi connectivity index (χ4n) is 1.91. The van der Waals surface area contributed by atoms with Gasteiger partial charge < -0.3 is 19.3 Å². The lowest BCUT2D eigenvalue weighted by Crippen LogP contribution is -2.04. The van der Waals surface area contributed by atoms with Gasteiger partial charge in [0.1, 0.15) is 6.61 Å². The number of methoxy groups -OCH3 is 2. The molecule has 21 heavy (non-hydrogen) atoms. The molecule has 1 rings (SSSR count). The van der Waals surface area contributed by atoms with Crippen LogP contribution in [0, 0.1) is 6.92 Å². The number of carbonyl (C=O) groups is 1. The zero-order valence-corrected chi connectivity index (χ0v) is 12.9. The summed E-state index contributed by atoms with van der Waals surface area (Å²) in [7, 11) is 2.81. The SMILES string of the molecule is COC(=O)OC/C=C(\C)CCc1cc(C)cc(OC)c1O. The van der Waals surface area contributed by atoms with Crippen LogP contribution in [0.4, 0.5) is 4.79 Å². The first kappa shape index (κ1) is 16.9. The topological polar surface area (TPSA) is 65.0 Å². The van der Waals surface area contributed by atoms with E-state index in [1.807, 2.05) is 26.0 Å². The molecule has 0 saturated heterocycles. The monoisotopic (exact) mass is 294 g/mol. The standard InChI is InChI=1S/C16H22O5/c1-11(7-8-21-16(18)20-4)5-6-13-9-12(2)10-14(19-3)15(13)17/h7,9-10,17H,5-6,8H2,1-4H3/b11-7+. The van der Waals surface area contributed by atoms with E-state index in [1.54, 1.807) is 6.07 Å². The molecule has 0 aromatic heterocycles. The Balaban J connectivity index is 2.60. The van der Waals surface area contributed by atoms with E-state index in [0.29, 0.717) is 12.2 Å². The minimum absolute atomic E-state index is 0.182. The maximum Gasteiger partial charge on any atom is 0.508 e. The van der Waals surface area contributed by atoms with Gasteiger partial charge in [-0.3, -0.25) is 0 Å². The number of phenols is 1. The molecule has 0 fully saturated rings. The molecule has 0 aliphatic rings. The highest BCUT2D eigenvalue weighted by atomic mass is 16.7. The molecule has 0 saturated carbocycles. The summed E-state index contributed by atoms with van der Waals surface area (Å²) in [6.45, 7) is 4.09. The van der Waals surface area contributed by atoms with Gasteiger partial charge in [0.25, 0.3) is 0 Å². The molecular formula is C16H22O5. The molecule has 0 aliphatic heterocycles. The molecule has 5 heteroatoms. The van der Waals surface area contributed by atoms with Gasteiger partial charge >= 0.3 is 6.16 Å². The highest BCUT2D eigenvalue weighted by Gasteiger charge is 2.09. The van der Waals surface area contributed by atoms with Crippen LogP contribution in [0.25, 0.3) is 0 Å². The van der Waals surface area contributed by atoms with E-state index in [-0.39, 0.29) is 12.4 Å². The van der Waals surface area contributed by atoms with Gasteiger partial charge in [0.05, 0.1) is 14.2 Å². The van der Waals surface area contributed by atoms with E-state index >= 15 is 0 Å². The Bertz CT molecular complexity index is 520. The van der Waals surface area contributed by atoms with Gasteiger partial charge in [-0.15, -0.1) is 0 Å². The number of benzene rings is 1.